The molecular formula is C24H22ClN3O4S. The van der Waals surface area contributed by atoms with E-state index < -0.39 is 0 Å². The molecule has 3 aromatic carbocycles. The topological polar surface area (TPSA) is 89.0 Å². The summed E-state index contributed by atoms with van der Waals surface area (Å²) in [4.78, 5) is 25.2. The molecule has 170 valence electrons. The second kappa shape index (κ2) is 12.5. The van der Waals surface area contributed by atoms with E-state index in [-0.39, 0.29) is 24.2 Å². The van der Waals surface area contributed by atoms with Gasteiger partial charge in [-0.3, -0.25) is 9.59 Å². The van der Waals surface area contributed by atoms with Gasteiger partial charge >= 0.3 is 0 Å². The molecule has 0 aliphatic heterocycles. The smallest absolute Gasteiger partial charge is 0.262 e. The highest BCUT2D eigenvalue weighted by atomic mass is 35.5. The van der Waals surface area contributed by atoms with Crippen molar-refractivity contribution in [2.24, 2.45) is 5.10 Å². The molecule has 2 N–H and O–H groups in total. The monoisotopic (exact) mass is 483 g/mol. The van der Waals surface area contributed by atoms with Crippen LogP contribution in [0.1, 0.15) is 5.56 Å². The molecule has 0 bridgehead atoms. The Balaban J connectivity index is 1.56. The van der Waals surface area contributed by atoms with Crippen molar-refractivity contribution in [2.45, 2.75) is 4.90 Å². The molecule has 0 atom stereocenters. The number of halogens is 1. The van der Waals surface area contributed by atoms with Gasteiger partial charge in [0.1, 0.15) is 0 Å². The summed E-state index contributed by atoms with van der Waals surface area (Å²) in [6, 6.07) is 21.5. The van der Waals surface area contributed by atoms with Crippen molar-refractivity contribution in [1.82, 2.24) is 5.43 Å². The predicted molar refractivity (Wildman–Crippen MR) is 131 cm³/mol. The fraction of sp³-hybridized carbons (Fsp3) is 0.125. The van der Waals surface area contributed by atoms with Crippen LogP contribution in [0.15, 0.2) is 82.8 Å². The van der Waals surface area contributed by atoms with E-state index in [1.54, 1.807) is 42.5 Å². The second-order valence-corrected chi connectivity index (χ2v) is 8.10. The molecule has 0 spiro atoms. The van der Waals surface area contributed by atoms with E-state index in [4.69, 9.17) is 21.1 Å². The molecule has 9 heteroatoms. The van der Waals surface area contributed by atoms with E-state index in [9.17, 15) is 9.59 Å². The van der Waals surface area contributed by atoms with Gasteiger partial charge < -0.3 is 14.8 Å². The number of carbonyl (C=O) groups is 2. The van der Waals surface area contributed by atoms with Gasteiger partial charge in [0.05, 0.1) is 19.1 Å². The first-order valence-corrected chi connectivity index (χ1v) is 11.3. The van der Waals surface area contributed by atoms with Crippen molar-refractivity contribution >= 4 is 47.1 Å². The van der Waals surface area contributed by atoms with Crippen molar-refractivity contribution < 1.29 is 19.1 Å². The number of ether oxygens (including phenoxy) is 2. The molecule has 3 rings (SSSR count). The molecule has 0 saturated carbocycles. The minimum Gasteiger partial charge on any atom is -0.493 e. The molecule has 0 radical (unpaired) electrons. The minimum absolute atomic E-state index is 0.195. The van der Waals surface area contributed by atoms with Crippen molar-refractivity contribution in [2.75, 3.05) is 24.8 Å². The van der Waals surface area contributed by atoms with Gasteiger partial charge in [-0.05, 0) is 48.5 Å². The van der Waals surface area contributed by atoms with Crippen LogP contribution in [0.25, 0.3) is 0 Å². The largest absolute Gasteiger partial charge is 0.493 e. The van der Waals surface area contributed by atoms with Crippen molar-refractivity contribution in [3.05, 3.63) is 83.4 Å². The number of anilines is 1. The normalized spacial score (nSPS) is 10.6. The van der Waals surface area contributed by atoms with E-state index in [0.717, 1.165) is 4.90 Å². The van der Waals surface area contributed by atoms with Gasteiger partial charge in [-0.15, -0.1) is 11.8 Å². The number of rotatable bonds is 10. The Morgan fingerprint density at radius 3 is 2.48 bits per heavy atom. The number of nitrogens with one attached hydrogen (secondary N) is 2. The quantitative estimate of drug-likeness (QED) is 0.250. The number of nitrogens with zero attached hydrogens (tertiary/aromatic N) is 1. The Morgan fingerprint density at radius 2 is 1.76 bits per heavy atom. The Labute approximate surface area is 201 Å². The van der Waals surface area contributed by atoms with Crippen molar-refractivity contribution in [3.8, 4) is 11.5 Å². The molecule has 0 saturated heterocycles. The third-order valence-corrected chi connectivity index (χ3v) is 5.47. The van der Waals surface area contributed by atoms with Crippen LogP contribution in [-0.2, 0) is 9.59 Å². The first kappa shape index (κ1) is 24.2. The number of hydrazone groups is 1. The number of thioether (sulfide) groups is 1. The number of hydrogen-bond acceptors (Lipinski definition) is 6. The fourth-order valence-electron chi connectivity index (χ4n) is 2.69. The maximum Gasteiger partial charge on any atom is 0.262 e. The second-order valence-electron chi connectivity index (χ2n) is 6.62. The SMILES string of the molecule is COc1cccc(/C=N\NC(=O)CSc2ccc(Cl)cc2)c1OCC(=O)Nc1ccccc1. The van der Waals surface area contributed by atoms with Crippen molar-refractivity contribution in [3.63, 3.8) is 0 Å². The highest BCUT2D eigenvalue weighted by molar-refractivity contribution is 8.00. The van der Waals surface area contributed by atoms with E-state index in [1.165, 1.54) is 25.1 Å². The lowest BCUT2D eigenvalue weighted by Gasteiger charge is -2.13. The average Bonchev–Trinajstić information content (AvgIpc) is 2.83. The highest BCUT2D eigenvalue weighted by Crippen LogP contribution is 2.30. The van der Waals surface area contributed by atoms with Gasteiger partial charge in [-0.1, -0.05) is 35.9 Å². The maximum absolute atomic E-state index is 12.2. The summed E-state index contributed by atoms with van der Waals surface area (Å²) in [5, 5.41) is 7.40. The van der Waals surface area contributed by atoms with Crippen LogP contribution in [0.5, 0.6) is 11.5 Å². The Bertz CT molecular complexity index is 1110. The summed E-state index contributed by atoms with van der Waals surface area (Å²) in [6.45, 7) is -0.222. The van der Waals surface area contributed by atoms with Crippen LogP contribution in [0.4, 0.5) is 5.69 Å². The fourth-order valence-corrected chi connectivity index (χ4v) is 3.51. The summed E-state index contributed by atoms with van der Waals surface area (Å²) >= 11 is 7.23. The zero-order valence-electron chi connectivity index (χ0n) is 17.8. The molecular weight excluding hydrogens is 462 g/mol. The standard InChI is InChI=1S/C24H22ClN3O4S/c1-31-21-9-5-6-17(24(21)32-15-22(29)27-19-7-3-2-4-8-19)14-26-28-23(30)16-33-20-12-10-18(25)11-13-20/h2-14H,15-16H2,1H3,(H,27,29)(H,28,30)/b26-14-. The van der Waals surface area contributed by atoms with Gasteiger partial charge in [-0.2, -0.15) is 5.10 Å². The molecule has 0 aliphatic rings. The number of para-hydroxylation sites is 2. The highest BCUT2D eigenvalue weighted by Gasteiger charge is 2.12. The van der Waals surface area contributed by atoms with Gasteiger partial charge in [-0.25, -0.2) is 5.43 Å². The Kier molecular flexibility index (Phi) is 9.17. The van der Waals surface area contributed by atoms with Gasteiger partial charge in [0.25, 0.3) is 5.91 Å². The summed E-state index contributed by atoms with van der Waals surface area (Å²) in [6.07, 6.45) is 1.44. The Hall–Kier alpha value is -3.49. The lowest BCUT2D eigenvalue weighted by Crippen LogP contribution is -2.21. The third-order valence-electron chi connectivity index (χ3n) is 4.21. The van der Waals surface area contributed by atoms with E-state index >= 15 is 0 Å². The molecule has 0 aliphatic carbocycles. The first-order valence-electron chi connectivity index (χ1n) is 9.90. The maximum atomic E-state index is 12.2. The van der Waals surface area contributed by atoms with Crippen LogP contribution < -0.4 is 20.2 Å². The number of carbonyl (C=O) groups excluding carboxylic acids is 2. The third kappa shape index (κ3) is 7.85. The lowest BCUT2D eigenvalue weighted by atomic mass is 10.2. The van der Waals surface area contributed by atoms with Gasteiger partial charge in [0, 0.05) is 21.2 Å². The van der Waals surface area contributed by atoms with E-state index in [1.807, 2.05) is 30.3 Å². The molecule has 2 amide bonds. The Morgan fingerprint density at radius 1 is 1.00 bits per heavy atom. The molecule has 7 nitrogen and oxygen atoms in total. The van der Waals surface area contributed by atoms with Gasteiger partial charge in [0.2, 0.25) is 5.91 Å². The summed E-state index contributed by atoms with van der Waals surface area (Å²) in [7, 11) is 1.50. The number of hydrogen-bond donors (Lipinski definition) is 2. The molecule has 3 aromatic rings. The number of amides is 2. The molecule has 0 heterocycles. The lowest BCUT2D eigenvalue weighted by molar-refractivity contribution is -0.119. The summed E-state index contributed by atoms with van der Waals surface area (Å²) in [5.41, 5.74) is 3.70. The average molecular weight is 484 g/mol. The van der Waals surface area contributed by atoms with E-state index in [0.29, 0.717) is 27.8 Å². The van der Waals surface area contributed by atoms with Crippen LogP contribution >= 0.6 is 23.4 Å². The molecule has 0 aromatic heterocycles. The van der Waals surface area contributed by atoms with Crippen LogP contribution in [-0.4, -0.2) is 37.5 Å². The zero-order chi connectivity index (χ0) is 23.5. The zero-order valence-corrected chi connectivity index (χ0v) is 19.4. The molecule has 0 fully saturated rings. The molecule has 0 unspecified atom stereocenters. The summed E-state index contributed by atoms with van der Waals surface area (Å²) < 4.78 is 11.1. The van der Waals surface area contributed by atoms with Crippen LogP contribution in [0, 0.1) is 0 Å². The van der Waals surface area contributed by atoms with Crippen molar-refractivity contribution in [1.29, 1.82) is 0 Å². The van der Waals surface area contributed by atoms with E-state index in [2.05, 4.69) is 15.8 Å². The minimum atomic E-state index is -0.317. The number of benzene rings is 3. The predicted octanol–water partition coefficient (Wildman–Crippen LogP) is 4.61. The first-order chi connectivity index (χ1) is 16.0. The van der Waals surface area contributed by atoms with Crippen LogP contribution in [0.3, 0.4) is 0 Å². The number of methoxy groups -OCH3 is 1. The van der Waals surface area contributed by atoms with Crippen LogP contribution in [0.2, 0.25) is 5.02 Å². The van der Waals surface area contributed by atoms with Gasteiger partial charge in [0.15, 0.2) is 18.1 Å². The summed E-state index contributed by atoms with van der Waals surface area (Å²) in [5.74, 6) is 0.397. The molecule has 33 heavy (non-hydrogen) atoms.